The summed E-state index contributed by atoms with van der Waals surface area (Å²) in [4.78, 5) is 4.33. The van der Waals surface area contributed by atoms with E-state index in [4.69, 9.17) is 4.42 Å². The second-order valence-electron chi connectivity index (χ2n) is 4.67. The Labute approximate surface area is 116 Å². The fraction of sp³-hybridized carbons (Fsp3) is 0.267. The summed E-state index contributed by atoms with van der Waals surface area (Å²) < 4.78 is 5.87. The van der Waals surface area contributed by atoms with Crippen molar-refractivity contribution < 1.29 is 4.42 Å². The monoisotopic (exact) mass is 272 g/mol. The molecule has 3 rings (SSSR count). The number of fused-ring (bicyclic) bond motifs is 1. The van der Waals surface area contributed by atoms with Crippen molar-refractivity contribution in [1.29, 1.82) is 0 Å². The summed E-state index contributed by atoms with van der Waals surface area (Å²) in [5.41, 5.74) is 0.938. The third kappa shape index (κ3) is 2.55. The van der Waals surface area contributed by atoms with Gasteiger partial charge in [0, 0.05) is 17.0 Å². The second kappa shape index (κ2) is 5.15. The molecule has 1 N–H and O–H groups in total. The van der Waals surface area contributed by atoms with Crippen LogP contribution in [0.2, 0.25) is 0 Å². The fourth-order valence-electron chi connectivity index (χ4n) is 2.19. The molecule has 0 amide bonds. The molecule has 2 unspecified atom stereocenters. The van der Waals surface area contributed by atoms with Crippen molar-refractivity contribution in [2.75, 3.05) is 0 Å². The van der Waals surface area contributed by atoms with Crippen LogP contribution in [0.3, 0.4) is 0 Å². The highest BCUT2D eigenvalue weighted by Gasteiger charge is 2.16. The molecule has 98 valence electrons. The van der Waals surface area contributed by atoms with Crippen molar-refractivity contribution in [2.45, 2.75) is 25.9 Å². The number of furan rings is 1. The number of aromatic nitrogens is 1. The number of hydrogen-bond acceptors (Lipinski definition) is 4. The van der Waals surface area contributed by atoms with Crippen molar-refractivity contribution >= 4 is 22.3 Å². The van der Waals surface area contributed by atoms with Gasteiger partial charge in [0.05, 0.1) is 12.1 Å². The quantitative estimate of drug-likeness (QED) is 0.769. The molecule has 0 bridgehead atoms. The summed E-state index contributed by atoms with van der Waals surface area (Å²) in [6, 6.07) is 10.6. The van der Waals surface area contributed by atoms with Gasteiger partial charge in [-0.15, -0.1) is 11.3 Å². The average molecular weight is 272 g/mol. The van der Waals surface area contributed by atoms with Crippen LogP contribution in [0.25, 0.3) is 11.0 Å². The maximum absolute atomic E-state index is 5.87. The van der Waals surface area contributed by atoms with Crippen LogP contribution in [0.1, 0.15) is 36.7 Å². The predicted octanol–water partition coefficient (Wildman–Crippen LogP) is 4.30. The van der Waals surface area contributed by atoms with Crippen LogP contribution in [0.4, 0.5) is 0 Å². The molecule has 0 saturated carbocycles. The van der Waals surface area contributed by atoms with Crippen LogP contribution in [0, 0.1) is 0 Å². The van der Waals surface area contributed by atoms with Gasteiger partial charge >= 0.3 is 0 Å². The number of nitrogens with one attached hydrogen (secondary N) is 1. The molecule has 19 heavy (non-hydrogen) atoms. The van der Waals surface area contributed by atoms with Crippen molar-refractivity contribution in [3.63, 3.8) is 0 Å². The van der Waals surface area contributed by atoms with Gasteiger partial charge in [0.1, 0.15) is 16.4 Å². The molecule has 1 aromatic carbocycles. The van der Waals surface area contributed by atoms with Gasteiger partial charge in [0.2, 0.25) is 0 Å². The molecule has 0 radical (unpaired) electrons. The van der Waals surface area contributed by atoms with Crippen molar-refractivity contribution in [2.24, 2.45) is 0 Å². The van der Waals surface area contributed by atoms with E-state index in [1.807, 2.05) is 29.8 Å². The number of hydrogen-bond donors (Lipinski definition) is 1. The first-order valence-corrected chi connectivity index (χ1v) is 7.26. The normalized spacial score (nSPS) is 14.6. The van der Waals surface area contributed by atoms with Crippen LogP contribution in [-0.4, -0.2) is 4.98 Å². The van der Waals surface area contributed by atoms with Crippen LogP contribution in [0.5, 0.6) is 0 Å². The molecule has 0 aliphatic rings. The first-order chi connectivity index (χ1) is 9.24. The van der Waals surface area contributed by atoms with E-state index in [1.165, 1.54) is 0 Å². The van der Waals surface area contributed by atoms with Crippen molar-refractivity contribution in [3.05, 3.63) is 52.7 Å². The third-order valence-electron chi connectivity index (χ3n) is 3.19. The molecular formula is C15H16N2OS. The second-order valence-corrected chi connectivity index (χ2v) is 5.59. The number of nitrogens with zero attached hydrogens (tertiary/aromatic N) is 1. The Morgan fingerprint density at radius 3 is 2.79 bits per heavy atom. The number of benzene rings is 1. The highest BCUT2D eigenvalue weighted by Crippen LogP contribution is 2.26. The molecule has 0 saturated heterocycles. The molecular weight excluding hydrogens is 256 g/mol. The molecule has 4 heteroatoms. The van der Waals surface area contributed by atoms with Gasteiger partial charge in [-0.1, -0.05) is 18.2 Å². The first kappa shape index (κ1) is 12.4. The molecule has 2 heterocycles. The van der Waals surface area contributed by atoms with Gasteiger partial charge in [-0.2, -0.15) is 0 Å². The van der Waals surface area contributed by atoms with Gasteiger partial charge in [-0.05, 0) is 26.0 Å². The zero-order valence-electron chi connectivity index (χ0n) is 11.0. The predicted molar refractivity (Wildman–Crippen MR) is 78.3 cm³/mol. The molecule has 0 fully saturated rings. The maximum atomic E-state index is 5.87. The molecule has 2 atom stereocenters. The van der Waals surface area contributed by atoms with Gasteiger partial charge in [-0.3, -0.25) is 5.32 Å². The molecule has 3 aromatic rings. The highest BCUT2D eigenvalue weighted by atomic mass is 32.1. The summed E-state index contributed by atoms with van der Waals surface area (Å²) in [6.07, 6.45) is 1.84. The van der Waals surface area contributed by atoms with Crippen LogP contribution in [-0.2, 0) is 0 Å². The maximum Gasteiger partial charge on any atom is 0.134 e. The smallest absolute Gasteiger partial charge is 0.134 e. The fourth-order valence-corrected chi connectivity index (χ4v) is 2.85. The lowest BCUT2D eigenvalue weighted by Crippen LogP contribution is -2.21. The summed E-state index contributed by atoms with van der Waals surface area (Å²) in [5.74, 6) is 0.963. The minimum absolute atomic E-state index is 0.159. The van der Waals surface area contributed by atoms with Gasteiger partial charge in [0.25, 0.3) is 0 Å². The Hall–Kier alpha value is -1.65. The standard InChI is InChI=1S/C15H16N2OS/c1-10(17-11(2)15-16-7-8-19-15)14-9-12-5-3-4-6-13(12)18-14/h3-11,17H,1-2H3. The van der Waals surface area contributed by atoms with E-state index >= 15 is 0 Å². The van der Waals surface area contributed by atoms with E-state index in [9.17, 15) is 0 Å². The number of para-hydroxylation sites is 1. The Morgan fingerprint density at radius 1 is 1.21 bits per heavy atom. The van der Waals surface area contributed by atoms with Gasteiger partial charge in [-0.25, -0.2) is 4.98 Å². The van der Waals surface area contributed by atoms with E-state index in [1.54, 1.807) is 11.3 Å². The minimum Gasteiger partial charge on any atom is -0.459 e. The van der Waals surface area contributed by atoms with E-state index < -0.39 is 0 Å². The van der Waals surface area contributed by atoms with Crippen molar-refractivity contribution in [1.82, 2.24) is 10.3 Å². The lowest BCUT2D eigenvalue weighted by Gasteiger charge is -2.16. The summed E-state index contributed by atoms with van der Waals surface area (Å²) in [6.45, 7) is 4.24. The van der Waals surface area contributed by atoms with E-state index in [0.29, 0.717) is 0 Å². The lowest BCUT2D eigenvalue weighted by atomic mass is 10.2. The zero-order chi connectivity index (χ0) is 13.2. The molecule has 0 aliphatic carbocycles. The first-order valence-electron chi connectivity index (χ1n) is 6.38. The molecule has 0 spiro atoms. The van der Waals surface area contributed by atoms with Crippen LogP contribution in [0.15, 0.2) is 46.3 Å². The van der Waals surface area contributed by atoms with E-state index in [-0.39, 0.29) is 12.1 Å². The highest BCUT2D eigenvalue weighted by molar-refractivity contribution is 7.09. The van der Waals surface area contributed by atoms with Crippen LogP contribution < -0.4 is 5.32 Å². The molecule has 3 nitrogen and oxygen atoms in total. The van der Waals surface area contributed by atoms with E-state index in [2.05, 4.69) is 36.3 Å². The average Bonchev–Trinajstić information content (AvgIpc) is 3.07. The third-order valence-corrected chi connectivity index (χ3v) is 4.15. The zero-order valence-corrected chi connectivity index (χ0v) is 11.8. The van der Waals surface area contributed by atoms with Crippen LogP contribution >= 0.6 is 11.3 Å². The van der Waals surface area contributed by atoms with Crippen molar-refractivity contribution in [3.8, 4) is 0 Å². The Kier molecular flexibility index (Phi) is 3.36. The topological polar surface area (TPSA) is 38.1 Å². The Balaban J connectivity index is 1.78. The lowest BCUT2D eigenvalue weighted by molar-refractivity contribution is 0.416. The summed E-state index contributed by atoms with van der Waals surface area (Å²) >= 11 is 1.67. The number of thiazole rings is 1. The largest absolute Gasteiger partial charge is 0.459 e. The molecule has 0 aliphatic heterocycles. The molecule has 2 aromatic heterocycles. The summed E-state index contributed by atoms with van der Waals surface area (Å²) in [5, 5.41) is 7.76. The van der Waals surface area contributed by atoms with Gasteiger partial charge in [0.15, 0.2) is 0 Å². The number of rotatable bonds is 4. The SMILES string of the molecule is CC(NC(C)c1nccs1)c1cc2ccccc2o1. The Bertz CT molecular complexity index is 627. The Morgan fingerprint density at radius 2 is 2.05 bits per heavy atom. The van der Waals surface area contributed by atoms with Gasteiger partial charge < -0.3 is 4.42 Å². The van der Waals surface area contributed by atoms with E-state index in [0.717, 1.165) is 21.7 Å². The summed E-state index contributed by atoms with van der Waals surface area (Å²) in [7, 11) is 0. The minimum atomic E-state index is 0.159.